The number of nitrogens with one attached hydrogen (secondary N) is 1. The van der Waals surface area contributed by atoms with Crippen LogP contribution in [0, 0.1) is 17.2 Å². The van der Waals surface area contributed by atoms with E-state index in [1.54, 1.807) is 11.3 Å². The van der Waals surface area contributed by atoms with Gasteiger partial charge in [-0.05, 0) is 57.9 Å². The number of likely N-dealkylation sites (tertiary alicyclic amines) is 1. The second-order valence-corrected chi connectivity index (χ2v) is 6.12. The van der Waals surface area contributed by atoms with Crippen molar-refractivity contribution in [3.05, 3.63) is 21.9 Å². The summed E-state index contributed by atoms with van der Waals surface area (Å²) in [6, 6.07) is 4.15. The van der Waals surface area contributed by atoms with E-state index >= 15 is 0 Å². The van der Waals surface area contributed by atoms with Crippen molar-refractivity contribution in [2.45, 2.75) is 25.8 Å². The largest absolute Gasteiger partial charge is 0.312 e. The molecule has 1 aliphatic rings. The molecule has 0 radical (unpaired) electrons. The first-order chi connectivity index (χ1) is 8.78. The summed E-state index contributed by atoms with van der Waals surface area (Å²) in [5.74, 6) is 0.895. The molecule has 1 fully saturated rings. The van der Waals surface area contributed by atoms with E-state index in [9.17, 15) is 0 Å². The molecule has 1 aromatic rings. The van der Waals surface area contributed by atoms with Gasteiger partial charge in [-0.25, -0.2) is 0 Å². The number of hydrogen-bond acceptors (Lipinski definition) is 4. The van der Waals surface area contributed by atoms with Crippen LogP contribution in [-0.2, 0) is 6.54 Å². The molecular weight excluding hydrogens is 242 g/mol. The highest BCUT2D eigenvalue weighted by molar-refractivity contribution is 7.10. The first kappa shape index (κ1) is 13.5. The molecule has 0 aromatic carbocycles. The molecule has 3 nitrogen and oxygen atoms in total. The summed E-state index contributed by atoms with van der Waals surface area (Å²) >= 11 is 1.67. The molecule has 98 valence electrons. The Morgan fingerprint density at radius 3 is 2.94 bits per heavy atom. The SMILES string of the molecule is CN1CCC(CCNCc2cc(C#N)cs2)CC1. The molecule has 0 atom stereocenters. The van der Waals surface area contributed by atoms with Crippen LogP contribution in [0.4, 0.5) is 0 Å². The minimum atomic E-state index is 0.784. The van der Waals surface area contributed by atoms with Gasteiger partial charge in [-0.3, -0.25) is 0 Å². The van der Waals surface area contributed by atoms with E-state index in [0.29, 0.717) is 0 Å². The Morgan fingerprint density at radius 2 is 2.28 bits per heavy atom. The van der Waals surface area contributed by atoms with Crippen molar-refractivity contribution in [1.82, 2.24) is 10.2 Å². The molecule has 0 bridgehead atoms. The van der Waals surface area contributed by atoms with Crippen LogP contribution in [0.3, 0.4) is 0 Å². The first-order valence-electron chi connectivity index (χ1n) is 6.64. The minimum absolute atomic E-state index is 0.784. The molecule has 18 heavy (non-hydrogen) atoms. The van der Waals surface area contributed by atoms with Gasteiger partial charge in [-0.15, -0.1) is 11.3 Å². The zero-order chi connectivity index (χ0) is 12.8. The van der Waals surface area contributed by atoms with Crippen molar-refractivity contribution in [2.24, 2.45) is 5.92 Å². The molecular formula is C14H21N3S. The lowest BCUT2D eigenvalue weighted by Crippen LogP contribution is -2.31. The van der Waals surface area contributed by atoms with Crippen molar-refractivity contribution < 1.29 is 0 Å². The number of nitrogens with zero attached hydrogens (tertiary/aromatic N) is 2. The third-order valence-corrected chi connectivity index (χ3v) is 4.59. The molecule has 1 aromatic heterocycles. The molecule has 2 rings (SSSR count). The van der Waals surface area contributed by atoms with Gasteiger partial charge in [0, 0.05) is 16.8 Å². The predicted octanol–water partition coefficient (Wildman–Crippen LogP) is 2.44. The molecule has 2 heterocycles. The van der Waals surface area contributed by atoms with Crippen LogP contribution in [0.1, 0.15) is 29.7 Å². The highest BCUT2D eigenvalue weighted by atomic mass is 32.1. The third-order valence-electron chi connectivity index (χ3n) is 3.65. The number of hydrogen-bond donors (Lipinski definition) is 1. The van der Waals surface area contributed by atoms with E-state index in [4.69, 9.17) is 5.26 Å². The van der Waals surface area contributed by atoms with Crippen LogP contribution in [0.25, 0.3) is 0 Å². The summed E-state index contributed by atoms with van der Waals surface area (Å²) in [6.07, 6.45) is 3.97. The topological polar surface area (TPSA) is 39.1 Å². The van der Waals surface area contributed by atoms with Gasteiger partial charge in [-0.1, -0.05) is 0 Å². The molecule has 0 saturated carbocycles. The summed E-state index contributed by atoms with van der Waals surface area (Å²) in [7, 11) is 2.21. The molecule has 0 unspecified atom stereocenters. The maximum Gasteiger partial charge on any atom is 0.100 e. The average molecular weight is 263 g/mol. The van der Waals surface area contributed by atoms with E-state index in [1.165, 1.54) is 37.2 Å². The lowest BCUT2D eigenvalue weighted by atomic mass is 9.94. The maximum absolute atomic E-state index is 8.75. The highest BCUT2D eigenvalue weighted by Gasteiger charge is 2.15. The van der Waals surface area contributed by atoms with Crippen LogP contribution in [-0.4, -0.2) is 31.6 Å². The van der Waals surface area contributed by atoms with Crippen molar-refractivity contribution in [2.75, 3.05) is 26.7 Å². The average Bonchev–Trinajstić information content (AvgIpc) is 2.85. The number of piperidine rings is 1. The van der Waals surface area contributed by atoms with Crippen LogP contribution in [0.5, 0.6) is 0 Å². The quantitative estimate of drug-likeness (QED) is 0.829. The third kappa shape index (κ3) is 4.09. The van der Waals surface area contributed by atoms with Gasteiger partial charge in [0.05, 0.1) is 5.56 Å². The molecule has 0 spiro atoms. The van der Waals surface area contributed by atoms with E-state index in [-0.39, 0.29) is 0 Å². The van der Waals surface area contributed by atoms with E-state index in [0.717, 1.165) is 24.6 Å². The fraction of sp³-hybridized carbons (Fsp3) is 0.643. The van der Waals surface area contributed by atoms with Crippen molar-refractivity contribution in [1.29, 1.82) is 5.26 Å². The zero-order valence-electron chi connectivity index (χ0n) is 11.0. The smallest absolute Gasteiger partial charge is 0.100 e. The van der Waals surface area contributed by atoms with Crippen molar-refractivity contribution >= 4 is 11.3 Å². The summed E-state index contributed by atoms with van der Waals surface area (Å²) < 4.78 is 0. The second-order valence-electron chi connectivity index (χ2n) is 5.13. The van der Waals surface area contributed by atoms with Gasteiger partial charge < -0.3 is 10.2 Å². The Hall–Kier alpha value is -0.890. The van der Waals surface area contributed by atoms with Crippen molar-refractivity contribution in [3.63, 3.8) is 0 Å². The number of nitriles is 1. The summed E-state index contributed by atoms with van der Waals surface area (Å²) in [4.78, 5) is 3.67. The van der Waals surface area contributed by atoms with Gasteiger partial charge >= 0.3 is 0 Å². The summed E-state index contributed by atoms with van der Waals surface area (Å²) in [6.45, 7) is 4.50. The van der Waals surface area contributed by atoms with Crippen LogP contribution >= 0.6 is 11.3 Å². The summed E-state index contributed by atoms with van der Waals surface area (Å²) in [5, 5.41) is 14.2. The number of rotatable bonds is 5. The fourth-order valence-electron chi connectivity index (χ4n) is 2.40. The standard InChI is InChI=1S/C14H21N3S/c1-17-6-3-12(4-7-17)2-5-16-10-14-8-13(9-15)11-18-14/h8,11-12,16H,2-7,10H2,1H3. The van der Waals surface area contributed by atoms with Gasteiger partial charge in [-0.2, -0.15) is 5.26 Å². The van der Waals surface area contributed by atoms with E-state index in [2.05, 4.69) is 23.3 Å². The highest BCUT2D eigenvalue weighted by Crippen LogP contribution is 2.19. The lowest BCUT2D eigenvalue weighted by Gasteiger charge is -2.28. The lowest BCUT2D eigenvalue weighted by molar-refractivity contribution is 0.211. The minimum Gasteiger partial charge on any atom is -0.312 e. The van der Waals surface area contributed by atoms with Gasteiger partial charge in [0.25, 0.3) is 0 Å². The second kappa shape index (κ2) is 6.89. The molecule has 1 aliphatic heterocycles. The predicted molar refractivity (Wildman–Crippen MR) is 75.6 cm³/mol. The molecule has 4 heteroatoms. The first-order valence-corrected chi connectivity index (χ1v) is 7.52. The molecule has 0 amide bonds. The zero-order valence-corrected chi connectivity index (χ0v) is 11.8. The number of thiophene rings is 1. The Kier molecular flexibility index (Phi) is 5.18. The monoisotopic (exact) mass is 263 g/mol. The molecule has 1 N–H and O–H groups in total. The molecule has 0 aliphatic carbocycles. The summed E-state index contributed by atoms with van der Waals surface area (Å²) in [5.41, 5.74) is 0.784. The Bertz CT molecular complexity index is 399. The van der Waals surface area contributed by atoms with Gasteiger partial charge in [0.2, 0.25) is 0 Å². The van der Waals surface area contributed by atoms with Gasteiger partial charge in [0.15, 0.2) is 0 Å². The maximum atomic E-state index is 8.75. The van der Waals surface area contributed by atoms with Crippen LogP contribution < -0.4 is 5.32 Å². The van der Waals surface area contributed by atoms with Crippen molar-refractivity contribution in [3.8, 4) is 6.07 Å². The van der Waals surface area contributed by atoms with Gasteiger partial charge in [0.1, 0.15) is 6.07 Å². The van der Waals surface area contributed by atoms with E-state index < -0.39 is 0 Å². The van der Waals surface area contributed by atoms with Crippen LogP contribution in [0.15, 0.2) is 11.4 Å². The molecule has 1 saturated heterocycles. The van der Waals surface area contributed by atoms with E-state index in [1.807, 2.05) is 11.4 Å². The Labute approximate surface area is 113 Å². The van der Waals surface area contributed by atoms with Crippen LogP contribution in [0.2, 0.25) is 0 Å². The normalized spacial score (nSPS) is 17.8. The Balaban J connectivity index is 1.60. The fourth-order valence-corrected chi connectivity index (χ4v) is 3.18. The Morgan fingerprint density at radius 1 is 1.50 bits per heavy atom.